The second kappa shape index (κ2) is 10.2. The van der Waals surface area contributed by atoms with E-state index in [-0.39, 0.29) is 5.82 Å². The minimum Gasteiger partial charge on any atom is -0.412 e. The van der Waals surface area contributed by atoms with Crippen molar-refractivity contribution in [2.24, 2.45) is 5.92 Å². The van der Waals surface area contributed by atoms with Crippen LogP contribution in [0.25, 0.3) is 11.0 Å². The molecule has 1 saturated heterocycles. The van der Waals surface area contributed by atoms with Gasteiger partial charge >= 0.3 is 0 Å². The van der Waals surface area contributed by atoms with Gasteiger partial charge in [-0.05, 0) is 67.2 Å². The van der Waals surface area contributed by atoms with E-state index in [1.54, 1.807) is 0 Å². The number of para-hydroxylation sites is 2. The van der Waals surface area contributed by atoms with Gasteiger partial charge in [-0.15, -0.1) is 0 Å². The van der Waals surface area contributed by atoms with E-state index in [0.717, 1.165) is 54.9 Å². The normalized spacial score (nSPS) is 15.2. The van der Waals surface area contributed by atoms with Crippen LogP contribution in [0.15, 0.2) is 78.9 Å². The highest BCUT2D eigenvalue weighted by Gasteiger charge is 2.22. The summed E-state index contributed by atoms with van der Waals surface area (Å²) in [5.41, 5.74) is 4.42. The molecule has 0 aliphatic carbocycles. The maximum absolute atomic E-state index is 13.2. The van der Waals surface area contributed by atoms with Gasteiger partial charge in [0, 0.05) is 19.4 Å². The lowest BCUT2D eigenvalue weighted by Crippen LogP contribution is -2.34. The van der Waals surface area contributed by atoms with Crippen molar-refractivity contribution in [1.82, 2.24) is 14.6 Å². The van der Waals surface area contributed by atoms with Gasteiger partial charge in [0.05, 0.1) is 5.52 Å². The van der Waals surface area contributed by atoms with E-state index in [0.29, 0.717) is 12.5 Å². The first-order valence-corrected chi connectivity index (χ1v) is 11.8. The molecule has 33 heavy (non-hydrogen) atoms. The molecule has 5 heteroatoms. The van der Waals surface area contributed by atoms with Crippen LogP contribution in [-0.4, -0.2) is 34.3 Å². The Kier molecular flexibility index (Phi) is 6.68. The predicted molar refractivity (Wildman–Crippen MR) is 129 cm³/mol. The van der Waals surface area contributed by atoms with Crippen molar-refractivity contribution in [3.8, 4) is 0 Å². The lowest BCUT2D eigenvalue weighted by molar-refractivity contribution is 0.109. The van der Waals surface area contributed by atoms with E-state index in [4.69, 9.17) is 9.82 Å². The quantitative estimate of drug-likeness (QED) is 0.370. The average molecular weight is 444 g/mol. The van der Waals surface area contributed by atoms with Crippen molar-refractivity contribution < 1.29 is 9.23 Å². The Hall–Kier alpha value is -3.18. The molecule has 4 nitrogen and oxygen atoms in total. The molecule has 0 N–H and O–H groups in total. The van der Waals surface area contributed by atoms with E-state index >= 15 is 0 Å². The number of hydrogen-bond donors (Lipinski definition) is 0. The number of nitrogens with zero attached hydrogens (tertiary/aromatic N) is 3. The minimum absolute atomic E-state index is 0.211. The largest absolute Gasteiger partial charge is 0.412 e. The van der Waals surface area contributed by atoms with Gasteiger partial charge in [-0.25, -0.2) is 9.37 Å². The number of benzene rings is 3. The number of halogens is 1. The molecule has 0 atom stereocenters. The van der Waals surface area contributed by atoms with Crippen LogP contribution in [0.2, 0.25) is 0 Å². The lowest BCUT2D eigenvalue weighted by atomic mass is 9.93. The number of hydrogen-bond acceptors (Lipinski definition) is 3. The number of piperidine rings is 1. The molecular formula is C28H30FN3O. The van der Waals surface area contributed by atoms with Crippen molar-refractivity contribution in [3.05, 3.63) is 102 Å². The van der Waals surface area contributed by atoms with Crippen LogP contribution in [0.1, 0.15) is 29.8 Å². The second-order valence-corrected chi connectivity index (χ2v) is 8.93. The molecule has 1 aliphatic rings. The van der Waals surface area contributed by atoms with E-state index in [1.807, 2.05) is 35.1 Å². The standard InChI is InChI=1S/C28H30FN3O/c29-25-12-10-22(11-13-25)16-19-33-32-27-9-5-4-8-26(27)30-28(32)20-23-14-17-31(18-15-23)21-24-6-2-1-3-7-24/h1-13,23H,14-21H2. The molecule has 0 amide bonds. The minimum atomic E-state index is -0.211. The number of likely N-dealkylation sites (tertiary alicyclic amines) is 1. The summed E-state index contributed by atoms with van der Waals surface area (Å²) in [4.78, 5) is 13.7. The van der Waals surface area contributed by atoms with E-state index in [2.05, 4.69) is 41.3 Å². The monoisotopic (exact) mass is 443 g/mol. The Balaban J connectivity index is 1.22. The molecule has 0 spiro atoms. The van der Waals surface area contributed by atoms with Gasteiger partial charge < -0.3 is 4.84 Å². The zero-order chi connectivity index (χ0) is 22.5. The Bertz CT molecular complexity index is 1160. The molecule has 4 aromatic rings. The molecule has 1 aliphatic heterocycles. The Morgan fingerprint density at radius 1 is 0.848 bits per heavy atom. The number of rotatable bonds is 8. The predicted octanol–water partition coefficient (Wildman–Crippen LogP) is 5.30. The van der Waals surface area contributed by atoms with Crippen molar-refractivity contribution in [3.63, 3.8) is 0 Å². The molecule has 170 valence electrons. The smallest absolute Gasteiger partial charge is 0.146 e. The summed E-state index contributed by atoms with van der Waals surface area (Å²) in [6.45, 7) is 3.78. The molecule has 0 radical (unpaired) electrons. The van der Waals surface area contributed by atoms with Crippen molar-refractivity contribution in [1.29, 1.82) is 0 Å². The summed E-state index contributed by atoms with van der Waals surface area (Å²) in [5, 5.41) is 0. The maximum Gasteiger partial charge on any atom is 0.146 e. The summed E-state index contributed by atoms with van der Waals surface area (Å²) in [7, 11) is 0. The van der Waals surface area contributed by atoms with Gasteiger partial charge in [0.15, 0.2) is 0 Å². The third kappa shape index (κ3) is 5.42. The third-order valence-corrected chi connectivity index (χ3v) is 6.54. The zero-order valence-electron chi connectivity index (χ0n) is 18.9. The first kappa shape index (κ1) is 21.7. The van der Waals surface area contributed by atoms with Gasteiger partial charge in [0.1, 0.15) is 23.8 Å². The summed E-state index contributed by atoms with van der Waals surface area (Å²) >= 11 is 0. The van der Waals surface area contributed by atoms with Crippen LogP contribution in [0, 0.1) is 11.7 Å². The van der Waals surface area contributed by atoms with Crippen LogP contribution in [-0.2, 0) is 19.4 Å². The van der Waals surface area contributed by atoms with Crippen LogP contribution in [0.3, 0.4) is 0 Å². The zero-order valence-corrected chi connectivity index (χ0v) is 18.9. The van der Waals surface area contributed by atoms with E-state index in [1.165, 1.54) is 30.5 Å². The maximum atomic E-state index is 13.2. The van der Waals surface area contributed by atoms with Crippen molar-refractivity contribution in [2.75, 3.05) is 19.7 Å². The highest BCUT2D eigenvalue weighted by atomic mass is 19.1. The summed E-state index contributed by atoms with van der Waals surface area (Å²) in [6.07, 6.45) is 3.99. The Morgan fingerprint density at radius 2 is 1.58 bits per heavy atom. The van der Waals surface area contributed by atoms with Gasteiger partial charge in [-0.2, -0.15) is 4.73 Å². The van der Waals surface area contributed by atoms with Crippen molar-refractivity contribution in [2.45, 2.75) is 32.2 Å². The van der Waals surface area contributed by atoms with Crippen molar-refractivity contribution >= 4 is 11.0 Å². The highest BCUT2D eigenvalue weighted by Crippen LogP contribution is 2.24. The SMILES string of the molecule is Fc1ccc(CCOn2c(CC3CCN(Cc4ccccc4)CC3)nc3ccccc32)cc1. The fourth-order valence-corrected chi connectivity index (χ4v) is 4.68. The van der Waals surface area contributed by atoms with E-state index in [9.17, 15) is 4.39 Å². The lowest BCUT2D eigenvalue weighted by Gasteiger charge is -2.31. The van der Waals surface area contributed by atoms with Crippen LogP contribution in [0.4, 0.5) is 4.39 Å². The number of fused-ring (bicyclic) bond motifs is 1. The molecule has 0 bridgehead atoms. The fourth-order valence-electron chi connectivity index (χ4n) is 4.68. The highest BCUT2D eigenvalue weighted by molar-refractivity contribution is 5.75. The molecule has 3 aromatic carbocycles. The van der Waals surface area contributed by atoms with Crippen LogP contribution < -0.4 is 4.84 Å². The second-order valence-electron chi connectivity index (χ2n) is 8.93. The molecule has 1 fully saturated rings. The first-order chi connectivity index (χ1) is 16.2. The Morgan fingerprint density at radius 3 is 2.36 bits per heavy atom. The molecule has 0 saturated carbocycles. The van der Waals surface area contributed by atoms with Gasteiger partial charge in [-0.1, -0.05) is 54.6 Å². The number of imidazole rings is 1. The molecule has 2 heterocycles. The fraction of sp³-hybridized carbons (Fsp3) is 0.321. The molecule has 5 rings (SSSR count). The first-order valence-electron chi connectivity index (χ1n) is 11.8. The average Bonchev–Trinajstić information content (AvgIpc) is 3.19. The molecule has 0 unspecified atom stereocenters. The number of aromatic nitrogens is 2. The molecule has 1 aromatic heterocycles. The van der Waals surface area contributed by atoms with Gasteiger partial charge in [-0.3, -0.25) is 4.90 Å². The van der Waals surface area contributed by atoms with Gasteiger partial charge in [0.25, 0.3) is 0 Å². The summed E-state index contributed by atoms with van der Waals surface area (Å²) < 4.78 is 15.1. The van der Waals surface area contributed by atoms with Crippen LogP contribution in [0.5, 0.6) is 0 Å². The topological polar surface area (TPSA) is 30.3 Å². The summed E-state index contributed by atoms with van der Waals surface area (Å²) in [6, 6.07) is 25.5. The third-order valence-electron chi connectivity index (χ3n) is 6.54. The Labute approximate surface area is 194 Å². The van der Waals surface area contributed by atoms with Crippen LogP contribution >= 0.6 is 0 Å². The van der Waals surface area contributed by atoms with Gasteiger partial charge in [0.2, 0.25) is 0 Å². The molecular weight excluding hydrogens is 413 g/mol. The summed E-state index contributed by atoms with van der Waals surface area (Å²) in [5.74, 6) is 1.39. The van der Waals surface area contributed by atoms with E-state index < -0.39 is 0 Å².